The van der Waals surface area contributed by atoms with Gasteiger partial charge in [0.1, 0.15) is 12.4 Å². The van der Waals surface area contributed by atoms with Crippen molar-refractivity contribution in [1.29, 1.82) is 0 Å². The lowest BCUT2D eigenvalue weighted by Crippen LogP contribution is -2.35. The van der Waals surface area contributed by atoms with Crippen LogP contribution in [0.1, 0.15) is 26.3 Å². The predicted molar refractivity (Wildman–Crippen MR) is 85.0 cm³/mol. The van der Waals surface area contributed by atoms with E-state index in [9.17, 15) is 10.1 Å². The standard InChI is InChI=1S/C14H18Cl2N2O3/c1-14(2,3)17-8-10-6-12(18(19)20)4-5-13(10)21-9-11(16)7-15/h4-7,17H,8-9H2,1-3H3. The maximum Gasteiger partial charge on any atom is 0.270 e. The average molecular weight is 333 g/mol. The van der Waals surface area contributed by atoms with E-state index in [2.05, 4.69) is 5.32 Å². The SMILES string of the molecule is CC(C)(C)NCc1cc([N+](=O)[O-])ccc1OCC(Cl)=CCl. The van der Waals surface area contributed by atoms with Gasteiger partial charge in [0.15, 0.2) is 0 Å². The molecule has 116 valence electrons. The first-order chi connectivity index (χ1) is 9.73. The van der Waals surface area contributed by atoms with Crippen LogP contribution in [0.15, 0.2) is 28.8 Å². The lowest BCUT2D eigenvalue weighted by atomic mass is 10.1. The number of halogens is 2. The van der Waals surface area contributed by atoms with Gasteiger partial charge in [0.2, 0.25) is 0 Å². The molecule has 0 aromatic heterocycles. The fraction of sp³-hybridized carbons (Fsp3) is 0.429. The molecule has 0 bridgehead atoms. The Morgan fingerprint density at radius 2 is 2.14 bits per heavy atom. The largest absolute Gasteiger partial charge is 0.488 e. The summed E-state index contributed by atoms with van der Waals surface area (Å²) in [5, 5.41) is 14.5. The highest BCUT2D eigenvalue weighted by molar-refractivity contribution is 6.36. The summed E-state index contributed by atoms with van der Waals surface area (Å²) in [4.78, 5) is 10.4. The van der Waals surface area contributed by atoms with Crippen molar-refractivity contribution in [3.63, 3.8) is 0 Å². The second-order valence-electron chi connectivity index (χ2n) is 5.50. The van der Waals surface area contributed by atoms with Gasteiger partial charge in [0.25, 0.3) is 5.69 Å². The summed E-state index contributed by atoms with van der Waals surface area (Å²) in [5.41, 5.74) is 1.82. The van der Waals surface area contributed by atoms with Crippen molar-refractivity contribution in [2.75, 3.05) is 6.61 Å². The van der Waals surface area contributed by atoms with E-state index in [1.807, 2.05) is 20.8 Å². The zero-order valence-electron chi connectivity index (χ0n) is 12.2. The monoisotopic (exact) mass is 332 g/mol. The van der Waals surface area contributed by atoms with E-state index in [0.29, 0.717) is 22.9 Å². The number of nitrogens with one attached hydrogen (secondary N) is 1. The molecule has 1 rings (SSSR count). The van der Waals surface area contributed by atoms with E-state index >= 15 is 0 Å². The van der Waals surface area contributed by atoms with Crippen molar-refractivity contribution in [3.05, 3.63) is 44.4 Å². The van der Waals surface area contributed by atoms with Crippen LogP contribution in [0.25, 0.3) is 0 Å². The van der Waals surface area contributed by atoms with E-state index in [0.717, 1.165) is 0 Å². The summed E-state index contributed by atoms with van der Waals surface area (Å²) in [5.74, 6) is 0.536. The number of nitro benzene ring substituents is 1. The highest BCUT2D eigenvalue weighted by Crippen LogP contribution is 2.25. The molecule has 0 heterocycles. The summed E-state index contributed by atoms with van der Waals surface area (Å²) < 4.78 is 5.54. The number of rotatable bonds is 6. The maximum absolute atomic E-state index is 10.9. The number of hydrogen-bond acceptors (Lipinski definition) is 4. The number of ether oxygens (including phenoxy) is 1. The summed E-state index contributed by atoms with van der Waals surface area (Å²) in [6.07, 6.45) is 0. The average Bonchev–Trinajstić information content (AvgIpc) is 2.41. The molecule has 5 nitrogen and oxygen atoms in total. The van der Waals surface area contributed by atoms with Crippen molar-refractivity contribution < 1.29 is 9.66 Å². The van der Waals surface area contributed by atoms with Crippen molar-refractivity contribution in [3.8, 4) is 5.75 Å². The van der Waals surface area contributed by atoms with Gasteiger partial charge in [-0.25, -0.2) is 0 Å². The smallest absolute Gasteiger partial charge is 0.270 e. The third kappa shape index (κ3) is 6.33. The second-order valence-corrected chi connectivity index (χ2v) is 6.20. The van der Waals surface area contributed by atoms with Crippen molar-refractivity contribution in [1.82, 2.24) is 5.32 Å². The van der Waals surface area contributed by atoms with E-state index in [1.54, 1.807) is 6.07 Å². The highest BCUT2D eigenvalue weighted by atomic mass is 35.5. The first-order valence-corrected chi connectivity index (χ1v) is 7.14. The van der Waals surface area contributed by atoms with Crippen LogP contribution >= 0.6 is 23.2 Å². The summed E-state index contributed by atoms with van der Waals surface area (Å²) >= 11 is 11.2. The van der Waals surface area contributed by atoms with Gasteiger partial charge in [0, 0.05) is 35.3 Å². The molecule has 0 radical (unpaired) electrons. The second kappa shape index (κ2) is 7.64. The van der Waals surface area contributed by atoms with E-state index in [1.165, 1.54) is 17.7 Å². The molecule has 1 aromatic rings. The quantitative estimate of drug-likeness (QED) is 0.626. The summed E-state index contributed by atoms with van der Waals surface area (Å²) in [7, 11) is 0. The van der Waals surface area contributed by atoms with E-state index in [4.69, 9.17) is 27.9 Å². The van der Waals surface area contributed by atoms with Gasteiger partial charge in [-0.05, 0) is 26.8 Å². The maximum atomic E-state index is 10.9. The summed E-state index contributed by atoms with van der Waals surface area (Å²) in [6.45, 7) is 6.60. The van der Waals surface area contributed by atoms with Gasteiger partial charge in [0.05, 0.1) is 9.96 Å². The molecular formula is C14H18Cl2N2O3. The predicted octanol–water partition coefficient (Wildman–Crippen LogP) is 4.18. The minimum atomic E-state index is -0.435. The van der Waals surface area contributed by atoms with E-state index < -0.39 is 4.92 Å². The Morgan fingerprint density at radius 3 is 2.67 bits per heavy atom. The molecule has 0 aliphatic rings. The Balaban J connectivity index is 2.96. The molecule has 7 heteroatoms. The molecule has 0 atom stereocenters. The fourth-order valence-corrected chi connectivity index (χ4v) is 1.61. The van der Waals surface area contributed by atoms with Crippen LogP contribution in [0.4, 0.5) is 5.69 Å². The Hall–Kier alpha value is -1.30. The van der Waals surface area contributed by atoms with Gasteiger partial charge in [-0.3, -0.25) is 10.1 Å². The Morgan fingerprint density at radius 1 is 1.48 bits per heavy atom. The molecule has 21 heavy (non-hydrogen) atoms. The van der Waals surface area contributed by atoms with E-state index in [-0.39, 0.29) is 17.8 Å². The lowest BCUT2D eigenvalue weighted by molar-refractivity contribution is -0.384. The van der Waals surface area contributed by atoms with Crippen LogP contribution in [0.3, 0.4) is 0 Å². The van der Waals surface area contributed by atoms with Crippen LogP contribution in [0.2, 0.25) is 0 Å². The topological polar surface area (TPSA) is 64.4 Å². The molecule has 0 saturated carbocycles. The number of nitro groups is 1. The molecule has 0 fully saturated rings. The number of benzene rings is 1. The fourth-order valence-electron chi connectivity index (χ4n) is 1.50. The highest BCUT2D eigenvalue weighted by Gasteiger charge is 2.15. The molecule has 0 amide bonds. The molecule has 0 unspecified atom stereocenters. The van der Waals surface area contributed by atoms with Gasteiger partial charge in [-0.15, -0.1) is 0 Å². The van der Waals surface area contributed by atoms with Crippen LogP contribution in [-0.4, -0.2) is 17.1 Å². The summed E-state index contributed by atoms with van der Waals surface area (Å²) in [6, 6.07) is 4.46. The first kappa shape index (κ1) is 17.8. The number of nitrogens with zero attached hydrogens (tertiary/aromatic N) is 1. The zero-order chi connectivity index (χ0) is 16.0. The Labute approximate surface area is 134 Å². The molecule has 0 aliphatic carbocycles. The van der Waals surface area contributed by atoms with Crippen molar-refractivity contribution >= 4 is 28.9 Å². The number of non-ortho nitro benzene ring substituents is 1. The lowest BCUT2D eigenvalue weighted by Gasteiger charge is -2.21. The Bertz CT molecular complexity index is 540. The minimum absolute atomic E-state index is 0.0204. The van der Waals surface area contributed by atoms with Gasteiger partial charge in [-0.2, -0.15) is 0 Å². The van der Waals surface area contributed by atoms with Crippen LogP contribution in [-0.2, 0) is 6.54 Å². The van der Waals surface area contributed by atoms with Crippen LogP contribution in [0.5, 0.6) is 5.75 Å². The minimum Gasteiger partial charge on any atom is -0.488 e. The van der Waals surface area contributed by atoms with Gasteiger partial charge in [-0.1, -0.05) is 23.2 Å². The molecule has 1 aromatic carbocycles. The third-order valence-electron chi connectivity index (χ3n) is 2.55. The Kier molecular flexibility index (Phi) is 6.45. The zero-order valence-corrected chi connectivity index (χ0v) is 13.7. The van der Waals surface area contributed by atoms with Crippen molar-refractivity contribution in [2.45, 2.75) is 32.9 Å². The molecule has 0 saturated heterocycles. The van der Waals surface area contributed by atoms with Gasteiger partial charge < -0.3 is 10.1 Å². The first-order valence-electron chi connectivity index (χ1n) is 6.33. The third-order valence-corrected chi connectivity index (χ3v) is 3.14. The van der Waals surface area contributed by atoms with Crippen LogP contribution < -0.4 is 10.1 Å². The normalized spacial score (nSPS) is 12.3. The molecule has 0 aliphatic heterocycles. The van der Waals surface area contributed by atoms with Gasteiger partial charge >= 0.3 is 0 Å². The molecular weight excluding hydrogens is 315 g/mol. The van der Waals surface area contributed by atoms with Crippen molar-refractivity contribution in [2.24, 2.45) is 0 Å². The molecule has 1 N–H and O–H groups in total. The number of hydrogen-bond donors (Lipinski definition) is 1. The molecule has 0 spiro atoms. The van der Waals surface area contributed by atoms with Crippen LogP contribution in [0, 0.1) is 10.1 Å².